The van der Waals surface area contributed by atoms with E-state index in [0.717, 1.165) is 22.5 Å². The second kappa shape index (κ2) is 9.38. The van der Waals surface area contributed by atoms with E-state index in [2.05, 4.69) is 24.9 Å². The van der Waals surface area contributed by atoms with Crippen molar-refractivity contribution in [2.75, 3.05) is 35.7 Å². The fourth-order valence-electron chi connectivity index (χ4n) is 5.31. The summed E-state index contributed by atoms with van der Waals surface area (Å²) in [6.45, 7) is 5.69. The van der Waals surface area contributed by atoms with Crippen molar-refractivity contribution < 1.29 is 19.1 Å². The molecule has 1 saturated heterocycles. The van der Waals surface area contributed by atoms with Crippen LogP contribution in [-0.4, -0.2) is 47.5 Å². The third kappa shape index (κ3) is 4.69. The van der Waals surface area contributed by atoms with Gasteiger partial charge in [0.25, 0.3) is 0 Å². The summed E-state index contributed by atoms with van der Waals surface area (Å²) in [6.07, 6.45) is 3.80. The number of imidazole rings is 1. The van der Waals surface area contributed by atoms with Gasteiger partial charge in [-0.15, -0.1) is 0 Å². The highest BCUT2D eigenvalue weighted by Gasteiger charge is 2.43. The minimum Gasteiger partial charge on any atom is -0.469 e. The molecule has 5 rings (SSSR count). The molecule has 9 heteroatoms. The van der Waals surface area contributed by atoms with Crippen molar-refractivity contribution in [2.24, 2.45) is 5.92 Å². The molecule has 1 aromatic heterocycles. The Balaban J connectivity index is 1.35. The van der Waals surface area contributed by atoms with Gasteiger partial charge in [-0.1, -0.05) is 32.0 Å². The largest absolute Gasteiger partial charge is 0.469 e. The number of amides is 2. The molecule has 9 nitrogen and oxygen atoms in total. The lowest BCUT2D eigenvalue weighted by Crippen LogP contribution is -2.39. The van der Waals surface area contributed by atoms with Gasteiger partial charge in [0, 0.05) is 60.9 Å². The van der Waals surface area contributed by atoms with Gasteiger partial charge in [0.05, 0.1) is 13.0 Å². The van der Waals surface area contributed by atoms with Crippen LogP contribution in [0, 0.1) is 5.92 Å². The topological polar surface area (TPSA) is 111 Å². The van der Waals surface area contributed by atoms with Gasteiger partial charge in [-0.2, -0.15) is 0 Å². The lowest BCUT2D eigenvalue weighted by molar-refractivity contribution is -0.140. The van der Waals surface area contributed by atoms with Crippen LogP contribution in [0.25, 0.3) is 0 Å². The summed E-state index contributed by atoms with van der Waals surface area (Å²) in [7, 11) is 1.36. The van der Waals surface area contributed by atoms with E-state index >= 15 is 0 Å². The zero-order valence-corrected chi connectivity index (χ0v) is 21.3. The van der Waals surface area contributed by atoms with Gasteiger partial charge < -0.3 is 24.8 Å². The van der Waals surface area contributed by atoms with Crippen LogP contribution in [0.15, 0.2) is 54.9 Å². The highest BCUT2D eigenvalue weighted by atomic mass is 16.5. The Kier molecular flexibility index (Phi) is 6.23. The number of fused-ring (bicyclic) bond motifs is 1. The fourth-order valence-corrected chi connectivity index (χ4v) is 5.31. The van der Waals surface area contributed by atoms with E-state index in [9.17, 15) is 14.4 Å². The van der Waals surface area contributed by atoms with E-state index < -0.39 is 5.92 Å². The molecule has 3 heterocycles. The van der Waals surface area contributed by atoms with Crippen molar-refractivity contribution in [3.63, 3.8) is 0 Å². The maximum atomic E-state index is 13.7. The van der Waals surface area contributed by atoms with E-state index in [1.54, 1.807) is 23.2 Å². The predicted octanol–water partition coefficient (Wildman–Crippen LogP) is 2.91. The number of esters is 1. The molecule has 192 valence electrons. The van der Waals surface area contributed by atoms with Crippen LogP contribution in [-0.2, 0) is 37.5 Å². The summed E-state index contributed by atoms with van der Waals surface area (Å²) in [5.41, 5.74) is 9.98. The van der Waals surface area contributed by atoms with E-state index in [1.807, 2.05) is 39.9 Å². The van der Waals surface area contributed by atoms with Gasteiger partial charge in [-0.25, -0.2) is 4.98 Å². The number of nitrogen functional groups attached to an aromatic ring is 1. The average Bonchev–Trinajstić information content (AvgIpc) is 3.54. The van der Waals surface area contributed by atoms with Gasteiger partial charge in [0.2, 0.25) is 11.8 Å². The van der Waals surface area contributed by atoms with Crippen LogP contribution in [0.2, 0.25) is 0 Å². The number of benzene rings is 2. The first-order valence-electron chi connectivity index (χ1n) is 12.3. The number of aromatic nitrogens is 2. The lowest BCUT2D eigenvalue weighted by atomic mass is 9.86. The number of hydrogen-bond donors (Lipinski definition) is 1. The monoisotopic (exact) mass is 501 g/mol. The van der Waals surface area contributed by atoms with Crippen LogP contribution in [0.5, 0.6) is 0 Å². The molecule has 2 aliphatic heterocycles. The molecule has 2 aromatic carbocycles. The number of rotatable bonds is 6. The third-order valence-corrected chi connectivity index (χ3v) is 7.24. The van der Waals surface area contributed by atoms with Crippen molar-refractivity contribution >= 4 is 34.8 Å². The molecule has 0 saturated carbocycles. The Labute approximate surface area is 215 Å². The van der Waals surface area contributed by atoms with Crippen molar-refractivity contribution in [3.8, 4) is 0 Å². The maximum absolute atomic E-state index is 13.7. The highest BCUT2D eigenvalue weighted by molar-refractivity contribution is 6.05. The summed E-state index contributed by atoms with van der Waals surface area (Å²) >= 11 is 0. The summed E-state index contributed by atoms with van der Waals surface area (Å²) in [6, 6.07) is 13.3. The smallest absolute Gasteiger partial charge is 0.313 e. The Morgan fingerprint density at radius 1 is 1.19 bits per heavy atom. The summed E-state index contributed by atoms with van der Waals surface area (Å²) < 4.78 is 6.71. The number of carbonyl (C=O) groups excluding carboxylic acids is 3. The molecule has 37 heavy (non-hydrogen) atoms. The van der Waals surface area contributed by atoms with Crippen LogP contribution < -0.4 is 15.5 Å². The van der Waals surface area contributed by atoms with E-state index in [1.165, 1.54) is 7.11 Å². The van der Waals surface area contributed by atoms with Crippen LogP contribution in [0.3, 0.4) is 0 Å². The van der Waals surface area contributed by atoms with E-state index in [4.69, 9.17) is 10.5 Å². The lowest BCUT2D eigenvalue weighted by Gasteiger charge is -2.23. The zero-order valence-electron chi connectivity index (χ0n) is 21.3. The van der Waals surface area contributed by atoms with Gasteiger partial charge in [-0.05, 0) is 35.4 Å². The standard InChI is InChI=1S/C28H31N5O4/c1-28(2)17-33(27(36)19-12-25(34)32(16-19)21-6-4-5-20(29)13-21)23-8-7-18(11-22(23)28)15-31-10-9-30-24(31)14-26(35)37-3/h4-11,13,19H,12,14-17,29H2,1-3H3/t19-/m0/s1. The average molecular weight is 502 g/mol. The normalized spacial score (nSPS) is 18.2. The molecule has 0 radical (unpaired) electrons. The molecule has 0 unspecified atom stereocenters. The summed E-state index contributed by atoms with van der Waals surface area (Å²) in [4.78, 5) is 45.9. The van der Waals surface area contributed by atoms with Crippen molar-refractivity contribution in [1.29, 1.82) is 0 Å². The van der Waals surface area contributed by atoms with Crippen LogP contribution >= 0.6 is 0 Å². The van der Waals surface area contributed by atoms with Crippen molar-refractivity contribution in [3.05, 3.63) is 71.8 Å². The number of nitrogens with two attached hydrogens (primary N) is 1. The Bertz CT molecular complexity index is 1380. The number of hydrogen-bond acceptors (Lipinski definition) is 6. The second-order valence-electron chi connectivity index (χ2n) is 10.4. The molecule has 3 aromatic rings. The Morgan fingerprint density at radius 2 is 2.00 bits per heavy atom. The van der Waals surface area contributed by atoms with Gasteiger partial charge >= 0.3 is 5.97 Å². The Hall–Kier alpha value is -4.14. The van der Waals surface area contributed by atoms with Gasteiger partial charge in [0.1, 0.15) is 12.2 Å². The molecule has 2 aliphatic rings. The highest BCUT2D eigenvalue weighted by Crippen LogP contribution is 2.42. The third-order valence-electron chi connectivity index (χ3n) is 7.24. The number of anilines is 3. The van der Waals surface area contributed by atoms with Gasteiger partial charge in [-0.3, -0.25) is 14.4 Å². The molecule has 0 aliphatic carbocycles. The number of ether oxygens (including phenoxy) is 1. The first-order valence-corrected chi connectivity index (χ1v) is 12.3. The predicted molar refractivity (Wildman–Crippen MR) is 140 cm³/mol. The molecule has 1 fully saturated rings. The maximum Gasteiger partial charge on any atom is 0.313 e. The fraction of sp³-hybridized carbons (Fsp3) is 0.357. The Morgan fingerprint density at radius 3 is 2.76 bits per heavy atom. The van der Waals surface area contributed by atoms with E-state index in [-0.39, 0.29) is 36.0 Å². The first kappa shape index (κ1) is 24.5. The SMILES string of the molecule is COC(=O)Cc1nccn1Cc1ccc2c(c1)C(C)(C)CN2C(=O)[C@H]1CC(=O)N(c2cccc(N)c2)C1. The molecule has 2 amide bonds. The quantitative estimate of drug-likeness (QED) is 0.411. The van der Waals surface area contributed by atoms with Crippen LogP contribution in [0.1, 0.15) is 37.2 Å². The molecule has 0 bridgehead atoms. The van der Waals surface area contributed by atoms with Crippen LogP contribution in [0.4, 0.5) is 17.1 Å². The van der Waals surface area contributed by atoms with Crippen molar-refractivity contribution in [2.45, 2.75) is 38.6 Å². The minimum atomic E-state index is -0.415. The molecule has 0 spiro atoms. The first-order chi connectivity index (χ1) is 17.7. The van der Waals surface area contributed by atoms with Crippen molar-refractivity contribution in [1.82, 2.24) is 9.55 Å². The molecule has 2 N–H and O–H groups in total. The molecular weight excluding hydrogens is 470 g/mol. The zero-order chi connectivity index (χ0) is 26.3. The number of carbonyl (C=O) groups is 3. The minimum absolute atomic E-state index is 0.0331. The molecule has 1 atom stereocenters. The number of methoxy groups -OCH3 is 1. The van der Waals surface area contributed by atoms with E-state index in [0.29, 0.717) is 31.1 Å². The summed E-state index contributed by atoms with van der Waals surface area (Å²) in [5.74, 6) is -0.215. The second-order valence-corrected chi connectivity index (χ2v) is 10.4. The number of nitrogens with zero attached hydrogens (tertiary/aromatic N) is 4. The molecular formula is C28H31N5O4. The summed E-state index contributed by atoms with van der Waals surface area (Å²) in [5, 5.41) is 0. The van der Waals surface area contributed by atoms with Gasteiger partial charge in [0.15, 0.2) is 0 Å².